The Bertz CT molecular complexity index is 1590. The predicted octanol–water partition coefficient (Wildman–Crippen LogP) is 2.73. The van der Waals surface area contributed by atoms with Gasteiger partial charge >= 0.3 is 12.1 Å². The number of likely N-dealkylation sites (N-methyl/N-ethyl adjacent to an activating group) is 2. The van der Waals surface area contributed by atoms with Gasteiger partial charge in [-0.2, -0.15) is 0 Å². The number of oxime groups is 1. The van der Waals surface area contributed by atoms with Crippen LogP contribution in [0.5, 0.6) is 0 Å². The van der Waals surface area contributed by atoms with E-state index in [0.29, 0.717) is 47.7 Å². The Labute approximate surface area is 265 Å². The summed E-state index contributed by atoms with van der Waals surface area (Å²) >= 11 is 0. The number of benzene rings is 1. The highest BCUT2D eigenvalue weighted by Gasteiger charge is 2.33. The molecule has 0 bridgehead atoms. The van der Waals surface area contributed by atoms with Gasteiger partial charge in [-0.25, -0.2) is 13.9 Å². The zero-order valence-corrected chi connectivity index (χ0v) is 26.4. The highest BCUT2D eigenvalue weighted by Crippen LogP contribution is 2.29. The fraction of sp³-hybridized carbons (Fsp3) is 0.452. The van der Waals surface area contributed by atoms with E-state index in [1.807, 2.05) is 0 Å². The van der Waals surface area contributed by atoms with Crippen LogP contribution in [-0.4, -0.2) is 112 Å². The highest BCUT2D eigenvalue weighted by molar-refractivity contribution is 6.00. The van der Waals surface area contributed by atoms with Crippen molar-refractivity contribution in [2.75, 3.05) is 45.2 Å². The van der Waals surface area contributed by atoms with E-state index >= 15 is 4.39 Å². The van der Waals surface area contributed by atoms with Crippen molar-refractivity contribution in [3.8, 4) is 11.1 Å². The number of pyridine rings is 1. The molecular formula is C31H37FN8O6. The summed E-state index contributed by atoms with van der Waals surface area (Å²) in [4.78, 5) is 51.8. The van der Waals surface area contributed by atoms with Crippen LogP contribution in [0, 0.1) is 5.82 Å². The minimum absolute atomic E-state index is 0.00110. The molecule has 0 N–H and O–H groups in total. The number of halogens is 1. The lowest BCUT2D eigenvalue weighted by Gasteiger charge is -2.24. The van der Waals surface area contributed by atoms with Crippen molar-refractivity contribution >= 4 is 29.4 Å². The van der Waals surface area contributed by atoms with E-state index in [2.05, 4.69) is 20.5 Å². The van der Waals surface area contributed by atoms with Gasteiger partial charge in [0, 0.05) is 37.0 Å². The Morgan fingerprint density at radius 2 is 1.93 bits per heavy atom. The molecule has 2 aromatic heterocycles. The number of amides is 2. The molecule has 5 rings (SSSR count). The fourth-order valence-corrected chi connectivity index (χ4v) is 5.08. The van der Waals surface area contributed by atoms with Gasteiger partial charge in [0.05, 0.1) is 50.3 Å². The summed E-state index contributed by atoms with van der Waals surface area (Å²) in [6, 6.07) is 8.04. The smallest absolute Gasteiger partial charge is 0.414 e. The number of carbonyl (C=O) groups excluding carboxylic acids is 3. The lowest BCUT2D eigenvalue weighted by molar-refractivity contribution is -0.156. The molecule has 0 radical (unpaired) electrons. The standard InChI is InChI=1S/C31H37FN8O6/c1-31(2,3)45-29(42)19-37(4)18-28(41)38(5)15-22-13-27(35-46-22)26-9-6-20(14-33-26)24-8-7-21(12-25(24)32)40-17-23(44-30(40)43)16-39-11-10-34-36-39/h6-12,14,22-23H,13,15-19H2,1-5H3/t22?,23-/m0/s1. The summed E-state index contributed by atoms with van der Waals surface area (Å²) in [5, 5.41) is 11.8. The predicted molar refractivity (Wildman–Crippen MR) is 164 cm³/mol. The van der Waals surface area contributed by atoms with E-state index in [1.54, 1.807) is 87.3 Å². The van der Waals surface area contributed by atoms with Crippen molar-refractivity contribution in [3.05, 3.63) is 60.4 Å². The molecule has 1 aromatic carbocycles. The minimum atomic E-state index is -0.593. The van der Waals surface area contributed by atoms with Crippen LogP contribution in [-0.2, 0) is 30.4 Å². The number of carbonyl (C=O) groups is 3. The van der Waals surface area contributed by atoms with Gasteiger partial charge in [-0.15, -0.1) is 5.10 Å². The Kier molecular flexibility index (Phi) is 9.60. The van der Waals surface area contributed by atoms with Crippen LogP contribution in [0.4, 0.5) is 14.9 Å². The molecule has 2 atom stereocenters. The number of anilines is 1. The zero-order chi connectivity index (χ0) is 33.0. The Morgan fingerprint density at radius 3 is 2.61 bits per heavy atom. The molecule has 1 unspecified atom stereocenters. The quantitative estimate of drug-likeness (QED) is 0.288. The van der Waals surface area contributed by atoms with Gasteiger partial charge in [0.25, 0.3) is 0 Å². The lowest BCUT2D eigenvalue weighted by Crippen LogP contribution is -2.42. The van der Waals surface area contributed by atoms with E-state index in [-0.39, 0.29) is 31.6 Å². The number of hydrogen-bond donors (Lipinski definition) is 0. The van der Waals surface area contributed by atoms with Gasteiger partial charge in [-0.1, -0.05) is 16.4 Å². The van der Waals surface area contributed by atoms with Crippen molar-refractivity contribution in [2.45, 2.75) is 51.5 Å². The summed E-state index contributed by atoms with van der Waals surface area (Å²) in [6.07, 6.45) is 3.85. The topological polar surface area (TPSA) is 145 Å². The third-order valence-electron chi connectivity index (χ3n) is 7.23. The van der Waals surface area contributed by atoms with Gasteiger partial charge in [0.15, 0.2) is 6.10 Å². The van der Waals surface area contributed by atoms with Gasteiger partial charge in [-0.3, -0.25) is 24.4 Å². The largest absolute Gasteiger partial charge is 0.459 e. The molecular weight excluding hydrogens is 599 g/mol. The maximum Gasteiger partial charge on any atom is 0.414 e. The maximum atomic E-state index is 15.2. The van der Waals surface area contributed by atoms with Gasteiger partial charge in [0.2, 0.25) is 5.91 Å². The van der Waals surface area contributed by atoms with E-state index in [9.17, 15) is 14.4 Å². The van der Waals surface area contributed by atoms with Crippen LogP contribution in [0.15, 0.2) is 54.1 Å². The molecule has 14 nitrogen and oxygen atoms in total. The number of aromatic nitrogens is 4. The van der Waals surface area contributed by atoms with Crippen LogP contribution in [0.3, 0.4) is 0 Å². The first-order valence-corrected chi connectivity index (χ1v) is 14.8. The molecule has 244 valence electrons. The molecule has 4 heterocycles. The average molecular weight is 637 g/mol. The first-order valence-electron chi connectivity index (χ1n) is 14.8. The number of esters is 1. The normalized spacial score (nSPS) is 17.9. The second kappa shape index (κ2) is 13.6. The molecule has 0 saturated carbocycles. The molecule has 1 fully saturated rings. The van der Waals surface area contributed by atoms with Gasteiger partial charge < -0.3 is 19.2 Å². The number of ether oxygens (including phenoxy) is 2. The van der Waals surface area contributed by atoms with Crippen molar-refractivity contribution in [1.82, 2.24) is 29.8 Å². The van der Waals surface area contributed by atoms with Gasteiger partial charge in [-0.05, 0) is 52.1 Å². The number of nitrogens with zero attached hydrogens (tertiary/aromatic N) is 8. The van der Waals surface area contributed by atoms with E-state index in [1.165, 1.54) is 15.9 Å². The molecule has 1 saturated heterocycles. The summed E-state index contributed by atoms with van der Waals surface area (Å²) < 4.78 is 27.5. The van der Waals surface area contributed by atoms with Crippen LogP contribution in [0.1, 0.15) is 32.9 Å². The summed E-state index contributed by atoms with van der Waals surface area (Å²) in [5.41, 5.74) is 1.87. The lowest BCUT2D eigenvalue weighted by atomic mass is 10.0. The molecule has 2 aliphatic rings. The van der Waals surface area contributed by atoms with Crippen LogP contribution in [0.25, 0.3) is 11.1 Å². The molecule has 15 heteroatoms. The van der Waals surface area contributed by atoms with Crippen molar-refractivity contribution in [1.29, 1.82) is 0 Å². The summed E-state index contributed by atoms with van der Waals surface area (Å²) in [5.74, 6) is -1.08. The maximum absolute atomic E-state index is 15.2. The first-order chi connectivity index (χ1) is 21.8. The van der Waals surface area contributed by atoms with Crippen LogP contribution >= 0.6 is 0 Å². The monoisotopic (exact) mass is 636 g/mol. The highest BCUT2D eigenvalue weighted by atomic mass is 19.1. The number of rotatable bonds is 11. The second-order valence-corrected chi connectivity index (χ2v) is 12.3. The number of hydrogen-bond acceptors (Lipinski definition) is 11. The van der Waals surface area contributed by atoms with E-state index < -0.39 is 29.6 Å². The van der Waals surface area contributed by atoms with Crippen molar-refractivity contribution in [3.63, 3.8) is 0 Å². The molecule has 46 heavy (non-hydrogen) atoms. The first kappa shape index (κ1) is 32.5. The average Bonchev–Trinajstić information content (AvgIpc) is 3.74. The fourth-order valence-electron chi connectivity index (χ4n) is 5.08. The molecule has 2 amide bonds. The second-order valence-electron chi connectivity index (χ2n) is 12.3. The molecule has 0 aliphatic carbocycles. The summed E-state index contributed by atoms with van der Waals surface area (Å²) in [6.45, 7) is 6.32. The Hall–Kier alpha value is -4.92. The van der Waals surface area contributed by atoms with Crippen molar-refractivity contribution < 1.29 is 33.1 Å². The zero-order valence-electron chi connectivity index (χ0n) is 26.4. The van der Waals surface area contributed by atoms with E-state index in [0.717, 1.165) is 0 Å². The van der Waals surface area contributed by atoms with E-state index in [4.69, 9.17) is 14.3 Å². The third kappa shape index (κ3) is 8.21. The SMILES string of the molecule is CN(CC(=O)OC(C)(C)C)CC(=O)N(C)CC1CC(c2ccc(-c3ccc(N4C[C@H](Cn5ccnn5)OC4=O)cc3F)cn2)=NO1. The molecule has 2 aliphatic heterocycles. The Balaban J connectivity index is 1.12. The van der Waals surface area contributed by atoms with Crippen molar-refractivity contribution in [2.24, 2.45) is 5.16 Å². The van der Waals surface area contributed by atoms with Crippen LogP contribution < -0.4 is 4.90 Å². The third-order valence-corrected chi connectivity index (χ3v) is 7.23. The van der Waals surface area contributed by atoms with Gasteiger partial charge in [0.1, 0.15) is 23.2 Å². The Morgan fingerprint density at radius 1 is 1.13 bits per heavy atom. The van der Waals surface area contributed by atoms with Crippen LogP contribution in [0.2, 0.25) is 0 Å². The number of cyclic esters (lactones) is 1. The summed E-state index contributed by atoms with van der Waals surface area (Å²) in [7, 11) is 3.35. The molecule has 3 aromatic rings. The minimum Gasteiger partial charge on any atom is -0.459 e. The molecule has 0 spiro atoms.